The fourth-order valence-electron chi connectivity index (χ4n) is 2.65. The summed E-state index contributed by atoms with van der Waals surface area (Å²) in [5, 5.41) is 17.6. The second kappa shape index (κ2) is 9.92. The summed E-state index contributed by atoms with van der Waals surface area (Å²) < 4.78 is 5.03. The molecule has 8 nitrogen and oxygen atoms in total. The van der Waals surface area contributed by atoms with Crippen LogP contribution in [0, 0.1) is 0 Å². The Morgan fingerprint density at radius 2 is 1.50 bits per heavy atom. The maximum Gasteiger partial charge on any atom is 0.291 e. The van der Waals surface area contributed by atoms with Gasteiger partial charge in [-0.05, 0) is 61.0 Å². The molecule has 0 saturated heterocycles. The topological polar surface area (TPSA) is 121 Å². The van der Waals surface area contributed by atoms with Crippen LogP contribution in [0.2, 0.25) is 0 Å². The van der Waals surface area contributed by atoms with Crippen LogP contribution in [-0.2, 0) is 0 Å². The lowest BCUT2D eigenvalue weighted by atomic mass is 10.2. The number of anilines is 1. The highest BCUT2D eigenvalue weighted by molar-refractivity contribution is 6.02. The van der Waals surface area contributed by atoms with Crippen LogP contribution in [0.5, 0.6) is 5.75 Å². The highest BCUT2D eigenvalue weighted by atomic mass is 16.3. The van der Waals surface area contributed by atoms with Gasteiger partial charge >= 0.3 is 0 Å². The van der Waals surface area contributed by atoms with E-state index in [-0.39, 0.29) is 29.2 Å². The van der Waals surface area contributed by atoms with Crippen LogP contribution in [0.25, 0.3) is 0 Å². The van der Waals surface area contributed by atoms with E-state index in [0.29, 0.717) is 36.3 Å². The molecule has 0 aliphatic carbocycles. The number of phenols is 1. The van der Waals surface area contributed by atoms with E-state index in [9.17, 15) is 19.5 Å². The summed E-state index contributed by atoms with van der Waals surface area (Å²) in [5.74, 6) is -0.679. The molecule has 4 N–H and O–H groups in total. The molecular weight excluding hydrogens is 386 g/mol. The number of hydrogen-bond acceptors (Lipinski definition) is 5. The maximum absolute atomic E-state index is 12.2. The van der Waals surface area contributed by atoms with Crippen molar-refractivity contribution < 1.29 is 23.9 Å². The standard InChI is InChI=1S/C22H21N3O5/c26-18-5-1-4-16(14-18)21(28)24-12-3-11-23-20(27)15-7-9-17(10-8-15)25-22(29)19-6-2-13-30-19/h1-2,4-10,13-14,26H,3,11-12H2,(H,23,27)(H,24,28)(H,25,29). The summed E-state index contributed by atoms with van der Waals surface area (Å²) in [5.41, 5.74) is 1.37. The van der Waals surface area contributed by atoms with Crippen molar-refractivity contribution in [1.29, 1.82) is 0 Å². The van der Waals surface area contributed by atoms with Crippen LogP contribution < -0.4 is 16.0 Å². The Balaban J connectivity index is 1.38. The zero-order valence-electron chi connectivity index (χ0n) is 16.1. The zero-order valence-corrected chi connectivity index (χ0v) is 16.1. The number of amides is 3. The van der Waals surface area contributed by atoms with Crippen LogP contribution in [0.3, 0.4) is 0 Å². The third kappa shape index (κ3) is 5.71. The number of benzene rings is 2. The number of furan rings is 1. The maximum atomic E-state index is 12.2. The van der Waals surface area contributed by atoms with E-state index in [1.165, 1.54) is 18.4 Å². The normalized spacial score (nSPS) is 10.3. The van der Waals surface area contributed by atoms with Crippen LogP contribution in [0.15, 0.2) is 71.3 Å². The average molecular weight is 407 g/mol. The van der Waals surface area contributed by atoms with Gasteiger partial charge in [0.2, 0.25) is 0 Å². The van der Waals surface area contributed by atoms with Gasteiger partial charge in [0.15, 0.2) is 5.76 Å². The Morgan fingerprint density at radius 3 is 2.13 bits per heavy atom. The second-order valence-electron chi connectivity index (χ2n) is 6.42. The van der Waals surface area contributed by atoms with E-state index in [4.69, 9.17) is 4.42 Å². The Labute approximate surface area is 172 Å². The van der Waals surface area contributed by atoms with Gasteiger partial charge in [-0.1, -0.05) is 6.07 Å². The summed E-state index contributed by atoms with van der Waals surface area (Å²) in [7, 11) is 0. The summed E-state index contributed by atoms with van der Waals surface area (Å²) in [4.78, 5) is 36.1. The Morgan fingerprint density at radius 1 is 0.800 bits per heavy atom. The van der Waals surface area contributed by atoms with E-state index in [1.54, 1.807) is 48.5 Å². The van der Waals surface area contributed by atoms with Gasteiger partial charge in [-0.15, -0.1) is 0 Å². The lowest BCUT2D eigenvalue weighted by molar-refractivity contribution is 0.0949. The largest absolute Gasteiger partial charge is 0.508 e. The molecule has 3 amide bonds. The van der Waals surface area contributed by atoms with Crippen molar-refractivity contribution >= 4 is 23.4 Å². The van der Waals surface area contributed by atoms with Crippen molar-refractivity contribution in [3.05, 3.63) is 83.8 Å². The number of nitrogens with one attached hydrogen (secondary N) is 3. The Kier molecular flexibility index (Phi) is 6.83. The van der Waals surface area contributed by atoms with Gasteiger partial charge in [-0.2, -0.15) is 0 Å². The third-order valence-corrected chi connectivity index (χ3v) is 4.18. The fraction of sp³-hybridized carbons (Fsp3) is 0.136. The number of hydrogen-bond donors (Lipinski definition) is 4. The molecule has 0 radical (unpaired) electrons. The second-order valence-corrected chi connectivity index (χ2v) is 6.42. The number of aromatic hydroxyl groups is 1. The summed E-state index contributed by atoms with van der Waals surface area (Å²) in [6.45, 7) is 0.767. The van der Waals surface area contributed by atoms with E-state index in [2.05, 4.69) is 16.0 Å². The van der Waals surface area contributed by atoms with Crippen molar-refractivity contribution in [2.45, 2.75) is 6.42 Å². The molecule has 0 spiro atoms. The highest BCUT2D eigenvalue weighted by Gasteiger charge is 2.10. The number of carbonyl (C=O) groups is 3. The molecule has 2 aromatic carbocycles. The molecule has 3 aromatic rings. The molecular formula is C22H21N3O5. The number of phenolic OH excluding ortho intramolecular Hbond substituents is 1. The molecule has 8 heteroatoms. The Bertz CT molecular complexity index is 1010. The number of carbonyl (C=O) groups excluding carboxylic acids is 3. The van der Waals surface area contributed by atoms with Gasteiger partial charge in [0.05, 0.1) is 6.26 Å². The molecule has 0 aliphatic heterocycles. The number of rotatable bonds is 8. The van der Waals surface area contributed by atoms with E-state index in [1.807, 2.05) is 0 Å². The molecule has 1 aromatic heterocycles. The van der Waals surface area contributed by atoms with Crippen molar-refractivity contribution in [2.24, 2.45) is 0 Å². The molecule has 154 valence electrons. The summed E-state index contributed by atoms with van der Waals surface area (Å²) in [6.07, 6.45) is 1.97. The molecule has 0 unspecified atom stereocenters. The quantitative estimate of drug-likeness (QED) is 0.428. The van der Waals surface area contributed by atoms with Crippen LogP contribution in [0.1, 0.15) is 37.7 Å². The van der Waals surface area contributed by atoms with Crippen molar-refractivity contribution in [2.75, 3.05) is 18.4 Å². The predicted octanol–water partition coefficient (Wildman–Crippen LogP) is 2.79. The van der Waals surface area contributed by atoms with Gasteiger partial charge < -0.3 is 25.5 Å². The molecule has 3 rings (SSSR count). The van der Waals surface area contributed by atoms with Crippen LogP contribution in [0.4, 0.5) is 5.69 Å². The molecule has 0 atom stereocenters. The first-order valence-electron chi connectivity index (χ1n) is 9.33. The molecule has 0 aliphatic rings. The molecule has 0 saturated carbocycles. The van der Waals surface area contributed by atoms with E-state index >= 15 is 0 Å². The zero-order chi connectivity index (χ0) is 21.3. The van der Waals surface area contributed by atoms with Gasteiger partial charge in [-0.3, -0.25) is 14.4 Å². The smallest absolute Gasteiger partial charge is 0.291 e. The van der Waals surface area contributed by atoms with Crippen molar-refractivity contribution in [1.82, 2.24) is 10.6 Å². The lowest BCUT2D eigenvalue weighted by Gasteiger charge is -2.08. The van der Waals surface area contributed by atoms with E-state index in [0.717, 1.165) is 0 Å². The minimum Gasteiger partial charge on any atom is -0.508 e. The van der Waals surface area contributed by atoms with Crippen LogP contribution >= 0.6 is 0 Å². The third-order valence-electron chi connectivity index (χ3n) is 4.18. The Hall–Kier alpha value is -4.07. The fourth-order valence-corrected chi connectivity index (χ4v) is 2.65. The van der Waals surface area contributed by atoms with Gasteiger partial charge in [0.25, 0.3) is 17.7 Å². The molecule has 0 fully saturated rings. The molecule has 1 heterocycles. The van der Waals surface area contributed by atoms with Crippen molar-refractivity contribution in [3.63, 3.8) is 0 Å². The average Bonchev–Trinajstić information content (AvgIpc) is 3.29. The van der Waals surface area contributed by atoms with Crippen molar-refractivity contribution in [3.8, 4) is 5.75 Å². The molecule has 0 bridgehead atoms. The SMILES string of the molecule is O=C(NCCCNC(=O)c1cccc(O)c1)c1ccc(NC(=O)c2ccco2)cc1. The van der Waals surface area contributed by atoms with Gasteiger partial charge in [0, 0.05) is 29.9 Å². The van der Waals surface area contributed by atoms with Gasteiger partial charge in [-0.25, -0.2) is 0 Å². The molecule has 30 heavy (non-hydrogen) atoms. The first-order chi connectivity index (χ1) is 14.5. The minimum absolute atomic E-state index is 0.0291. The van der Waals surface area contributed by atoms with Crippen LogP contribution in [-0.4, -0.2) is 35.9 Å². The predicted molar refractivity (Wildman–Crippen MR) is 110 cm³/mol. The lowest BCUT2D eigenvalue weighted by Crippen LogP contribution is -2.29. The monoisotopic (exact) mass is 407 g/mol. The summed E-state index contributed by atoms with van der Waals surface area (Å²) >= 11 is 0. The van der Waals surface area contributed by atoms with Gasteiger partial charge in [0.1, 0.15) is 5.75 Å². The first-order valence-corrected chi connectivity index (χ1v) is 9.33. The first kappa shape index (κ1) is 20.7. The highest BCUT2D eigenvalue weighted by Crippen LogP contribution is 2.12. The summed E-state index contributed by atoms with van der Waals surface area (Å²) in [6, 6.07) is 15.7. The van der Waals surface area contributed by atoms with E-state index < -0.39 is 0 Å². The minimum atomic E-state index is -0.370.